The van der Waals surface area contributed by atoms with Crippen LogP contribution in [0.3, 0.4) is 0 Å². The van der Waals surface area contributed by atoms with Crippen molar-refractivity contribution in [2.45, 2.75) is 43.4 Å². The zero-order chi connectivity index (χ0) is 24.6. The van der Waals surface area contributed by atoms with E-state index in [9.17, 15) is 9.90 Å². The normalized spacial score (nSPS) is 18.7. The van der Waals surface area contributed by atoms with Crippen LogP contribution in [0.5, 0.6) is 5.75 Å². The zero-order valence-corrected chi connectivity index (χ0v) is 21.7. The first-order valence-electron chi connectivity index (χ1n) is 12.6. The van der Waals surface area contributed by atoms with Crippen molar-refractivity contribution in [2.24, 2.45) is 18.9 Å². The van der Waals surface area contributed by atoms with Gasteiger partial charge in [0.1, 0.15) is 5.75 Å². The summed E-state index contributed by atoms with van der Waals surface area (Å²) < 4.78 is 7.50. The summed E-state index contributed by atoms with van der Waals surface area (Å²) >= 11 is 1.90. The first-order chi connectivity index (χ1) is 17.0. The Kier molecular flexibility index (Phi) is 9.10. The Bertz CT molecular complexity index is 1120. The van der Waals surface area contributed by atoms with E-state index < -0.39 is 5.97 Å². The second kappa shape index (κ2) is 12.5. The number of ether oxygens (including phenoxy) is 1. The summed E-state index contributed by atoms with van der Waals surface area (Å²) in [7, 11) is 3.75. The largest absolute Gasteiger partial charge is 0.497 e. The molecule has 188 valence electrons. The third kappa shape index (κ3) is 7.24. The molecule has 6 nitrogen and oxygen atoms in total. The first kappa shape index (κ1) is 25.6. The molecule has 1 aliphatic heterocycles. The predicted molar refractivity (Wildman–Crippen MR) is 142 cm³/mol. The third-order valence-electron chi connectivity index (χ3n) is 7.25. The topological polar surface area (TPSA) is 67.6 Å². The maximum Gasteiger partial charge on any atom is 0.303 e. The molecule has 3 aromatic rings. The van der Waals surface area contributed by atoms with E-state index in [4.69, 9.17) is 4.74 Å². The molecular formula is C28H37N3O3S. The van der Waals surface area contributed by atoms with Gasteiger partial charge in [0.25, 0.3) is 0 Å². The summed E-state index contributed by atoms with van der Waals surface area (Å²) in [5, 5.41) is 10.5. The second-order valence-electron chi connectivity index (χ2n) is 9.65. The number of hydrogen-bond donors (Lipinski definition) is 1. The van der Waals surface area contributed by atoms with Crippen LogP contribution in [0, 0.1) is 11.8 Å². The van der Waals surface area contributed by atoms with Gasteiger partial charge in [-0.1, -0.05) is 0 Å². The van der Waals surface area contributed by atoms with E-state index in [-0.39, 0.29) is 6.42 Å². The van der Waals surface area contributed by atoms with Gasteiger partial charge >= 0.3 is 5.97 Å². The van der Waals surface area contributed by atoms with Gasteiger partial charge < -0.3 is 19.3 Å². The molecule has 35 heavy (non-hydrogen) atoms. The summed E-state index contributed by atoms with van der Waals surface area (Å²) in [6, 6.07) is 10.3. The lowest BCUT2D eigenvalue weighted by Gasteiger charge is -2.39. The van der Waals surface area contributed by atoms with Crippen LogP contribution in [-0.2, 0) is 18.3 Å². The Balaban J connectivity index is 1.31. The lowest BCUT2D eigenvalue weighted by molar-refractivity contribution is -0.137. The minimum Gasteiger partial charge on any atom is -0.497 e. The van der Waals surface area contributed by atoms with Gasteiger partial charge in [-0.05, 0) is 86.4 Å². The maximum atomic E-state index is 11.3. The Morgan fingerprint density at radius 3 is 2.89 bits per heavy atom. The number of likely N-dealkylation sites (tertiary alicyclic amines) is 1. The highest BCUT2D eigenvalue weighted by Crippen LogP contribution is 2.32. The summed E-state index contributed by atoms with van der Waals surface area (Å²) in [6.45, 7) is 3.18. The monoisotopic (exact) mass is 495 g/mol. The highest BCUT2D eigenvalue weighted by molar-refractivity contribution is 7.99. The lowest BCUT2D eigenvalue weighted by Crippen LogP contribution is -2.41. The molecule has 0 bridgehead atoms. The summed E-state index contributed by atoms with van der Waals surface area (Å²) in [6.07, 6.45) is 11.6. The first-order valence-corrected chi connectivity index (χ1v) is 13.6. The van der Waals surface area contributed by atoms with Gasteiger partial charge in [0.2, 0.25) is 0 Å². The van der Waals surface area contributed by atoms with E-state index in [0.29, 0.717) is 11.8 Å². The minimum atomic E-state index is -0.683. The van der Waals surface area contributed by atoms with Crippen LogP contribution < -0.4 is 4.74 Å². The number of fused-ring (bicyclic) bond motifs is 1. The summed E-state index contributed by atoms with van der Waals surface area (Å²) in [5.41, 5.74) is 2.32. The van der Waals surface area contributed by atoms with Crippen molar-refractivity contribution >= 4 is 28.6 Å². The molecule has 7 heteroatoms. The Labute approximate surface area is 212 Å². The van der Waals surface area contributed by atoms with Gasteiger partial charge in [-0.2, -0.15) is 0 Å². The van der Waals surface area contributed by atoms with Crippen LogP contribution in [0.2, 0.25) is 0 Å². The van der Waals surface area contributed by atoms with Gasteiger partial charge in [-0.15, -0.1) is 11.8 Å². The van der Waals surface area contributed by atoms with Crippen LogP contribution in [0.15, 0.2) is 53.8 Å². The molecule has 1 saturated heterocycles. The van der Waals surface area contributed by atoms with Crippen molar-refractivity contribution in [3.63, 3.8) is 0 Å². The van der Waals surface area contributed by atoms with Crippen LogP contribution in [0.25, 0.3) is 10.9 Å². The number of benzene rings is 1. The Hall–Kier alpha value is -2.51. The number of rotatable bonds is 12. The van der Waals surface area contributed by atoms with Crippen LogP contribution in [0.4, 0.5) is 0 Å². The fraction of sp³-hybridized carbons (Fsp3) is 0.500. The third-order valence-corrected chi connectivity index (χ3v) is 8.21. The molecule has 1 N–H and O–H groups in total. The summed E-state index contributed by atoms with van der Waals surface area (Å²) in [4.78, 5) is 19.7. The van der Waals surface area contributed by atoms with E-state index in [1.54, 1.807) is 7.11 Å². The fourth-order valence-corrected chi connectivity index (χ4v) is 6.30. The highest BCUT2D eigenvalue weighted by atomic mass is 32.2. The number of piperidine rings is 1. The molecule has 2 atom stereocenters. The fourth-order valence-electron chi connectivity index (χ4n) is 5.31. The molecule has 1 aromatic carbocycles. The molecule has 2 unspecified atom stereocenters. The van der Waals surface area contributed by atoms with Gasteiger partial charge in [-0.3, -0.25) is 9.78 Å². The average molecular weight is 496 g/mol. The van der Waals surface area contributed by atoms with E-state index in [0.717, 1.165) is 68.8 Å². The van der Waals surface area contributed by atoms with E-state index >= 15 is 0 Å². The van der Waals surface area contributed by atoms with Crippen molar-refractivity contribution in [3.8, 4) is 5.75 Å². The quantitative estimate of drug-likeness (QED) is 0.335. The zero-order valence-electron chi connectivity index (χ0n) is 20.9. The van der Waals surface area contributed by atoms with Crippen LogP contribution in [0.1, 0.15) is 37.7 Å². The number of carbonyl (C=O) groups is 1. The molecule has 0 saturated carbocycles. The van der Waals surface area contributed by atoms with E-state index in [2.05, 4.69) is 52.1 Å². The SMILES string of the molecule is COc1ccc2nccc(CCCC3CCN(CCSc4ccn(C)c4)CC3CCC(=O)O)c2c1. The minimum absolute atomic E-state index is 0.266. The number of thioether (sulfide) groups is 1. The molecule has 1 fully saturated rings. The molecule has 0 amide bonds. The van der Waals surface area contributed by atoms with Gasteiger partial charge in [-0.25, -0.2) is 0 Å². The Morgan fingerprint density at radius 1 is 1.23 bits per heavy atom. The molecular weight excluding hydrogens is 458 g/mol. The van der Waals surface area contributed by atoms with Gasteiger partial charge in [0.05, 0.1) is 12.6 Å². The van der Waals surface area contributed by atoms with Crippen molar-refractivity contribution in [1.82, 2.24) is 14.5 Å². The van der Waals surface area contributed by atoms with Crippen LogP contribution in [-0.4, -0.2) is 58.0 Å². The smallest absolute Gasteiger partial charge is 0.303 e. The molecule has 2 aromatic heterocycles. The predicted octanol–water partition coefficient (Wildman–Crippen LogP) is 5.50. The molecule has 1 aliphatic rings. The van der Waals surface area contributed by atoms with Crippen molar-refractivity contribution < 1.29 is 14.6 Å². The van der Waals surface area contributed by atoms with Gasteiger partial charge in [0, 0.05) is 61.2 Å². The summed E-state index contributed by atoms with van der Waals surface area (Å²) in [5.74, 6) is 2.29. The average Bonchev–Trinajstić information content (AvgIpc) is 3.28. The number of carboxylic acids is 1. The van der Waals surface area contributed by atoms with E-state index in [1.165, 1.54) is 15.8 Å². The number of nitrogens with zero attached hydrogens (tertiary/aromatic N) is 3. The van der Waals surface area contributed by atoms with Crippen LogP contribution >= 0.6 is 11.8 Å². The van der Waals surface area contributed by atoms with Crippen molar-refractivity contribution in [3.05, 3.63) is 54.5 Å². The number of methoxy groups -OCH3 is 1. The van der Waals surface area contributed by atoms with Gasteiger partial charge in [0.15, 0.2) is 0 Å². The number of aryl methyl sites for hydroxylation is 2. The highest BCUT2D eigenvalue weighted by Gasteiger charge is 2.29. The lowest BCUT2D eigenvalue weighted by atomic mass is 9.79. The van der Waals surface area contributed by atoms with E-state index in [1.807, 2.05) is 30.1 Å². The molecule has 0 radical (unpaired) electrons. The Morgan fingerprint density at radius 2 is 2.11 bits per heavy atom. The number of aromatic nitrogens is 2. The molecule has 3 heterocycles. The standard InChI is InChI=1S/C28H37N3O3S/c1-30-14-12-25(20-30)35-17-16-31-15-11-21(23(19-31)6-9-28(32)33)4-3-5-22-10-13-29-27-8-7-24(34-2)18-26(22)27/h7-8,10,12-14,18,20-21,23H,3-6,9,11,15-17,19H2,1-2H3,(H,32,33). The van der Waals surface area contributed by atoms with Crippen molar-refractivity contribution in [1.29, 1.82) is 0 Å². The number of hydrogen-bond acceptors (Lipinski definition) is 5. The van der Waals surface area contributed by atoms with Crippen molar-refractivity contribution in [2.75, 3.05) is 32.5 Å². The number of aliphatic carboxylic acids is 1. The molecule has 0 spiro atoms. The number of pyridine rings is 1. The number of carboxylic acid groups (broad SMARTS) is 1. The maximum absolute atomic E-state index is 11.3. The molecule has 4 rings (SSSR count). The second-order valence-corrected chi connectivity index (χ2v) is 10.8. The molecule has 0 aliphatic carbocycles.